The fraction of sp³-hybridized carbons (Fsp3) is 0.471. The molecule has 0 saturated heterocycles. The maximum Gasteiger partial charge on any atom is 0.126 e. The van der Waals surface area contributed by atoms with E-state index in [0.29, 0.717) is 6.04 Å². The first kappa shape index (κ1) is 12.5. The molecule has 0 radical (unpaired) electrons. The summed E-state index contributed by atoms with van der Waals surface area (Å²) in [6.07, 6.45) is 6.92. The molecule has 1 aliphatic rings. The molecule has 1 N–H and O–H groups in total. The molecule has 1 saturated carbocycles. The van der Waals surface area contributed by atoms with E-state index >= 15 is 0 Å². The van der Waals surface area contributed by atoms with Gasteiger partial charge in [-0.1, -0.05) is 37.5 Å². The second kappa shape index (κ2) is 5.60. The smallest absolute Gasteiger partial charge is 0.126 e. The minimum atomic E-state index is 0.522. The molecule has 1 aromatic heterocycles. The Hall–Kier alpha value is -1.57. The van der Waals surface area contributed by atoms with Crippen LogP contribution in [0.3, 0.4) is 0 Å². The third kappa shape index (κ3) is 2.89. The number of fused-ring (bicyclic) bond motifs is 1. The molecule has 2 aromatic rings. The second-order valence-corrected chi connectivity index (χ2v) is 5.72. The van der Waals surface area contributed by atoms with Crippen molar-refractivity contribution in [2.75, 3.05) is 5.32 Å². The summed E-state index contributed by atoms with van der Waals surface area (Å²) in [5.41, 5.74) is 1.07. The minimum Gasteiger partial charge on any atom is -0.367 e. The number of nitrogens with one attached hydrogen (secondary N) is 1. The SMILES string of the molecule is CC(Nc1ccc2ccccc2n1)C1CCCCC1. The van der Waals surface area contributed by atoms with E-state index < -0.39 is 0 Å². The molecule has 19 heavy (non-hydrogen) atoms. The summed E-state index contributed by atoms with van der Waals surface area (Å²) in [4.78, 5) is 4.70. The van der Waals surface area contributed by atoms with Crippen LogP contribution in [-0.2, 0) is 0 Å². The standard InChI is InChI=1S/C17H22N2/c1-13(14-7-3-2-4-8-14)18-17-12-11-15-9-5-6-10-16(15)19-17/h5-6,9-14H,2-4,7-8H2,1H3,(H,18,19). The van der Waals surface area contributed by atoms with E-state index in [4.69, 9.17) is 4.98 Å². The molecule has 0 bridgehead atoms. The van der Waals surface area contributed by atoms with Crippen LogP contribution in [0.2, 0.25) is 0 Å². The summed E-state index contributed by atoms with van der Waals surface area (Å²) in [5.74, 6) is 1.82. The molecule has 1 heterocycles. The average Bonchev–Trinajstić information content (AvgIpc) is 2.48. The first-order valence-electron chi connectivity index (χ1n) is 7.45. The van der Waals surface area contributed by atoms with Gasteiger partial charge in [0, 0.05) is 11.4 Å². The highest BCUT2D eigenvalue weighted by Crippen LogP contribution is 2.28. The third-order valence-electron chi connectivity index (χ3n) is 4.33. The van der Waals surface area contributed by atoms with Crippen molar-refractivity contribution in [3.05, 3.63) is 36.4 Å². The fourth-order valence-corrected chi connectivity index (χ4v) is 3.13. The summed E-state index contributed by atoms with van der Waals surface area (Å²) in [6.45, 7) is 2.30. The van der Waals surface area contributed by atoms with Gasteiger partial charge in [-0.2, -0.15) is 0 Å². The van der Waals surface area contributed by atoms with Crippen molar-refractivity contribution in [1.29, 1.82) is 0 Å². The maximum atomic E-state index is 4.70. The number of pyridine rings is 1. The molecule has 0 aliphatic heterocycles. The van der Waals surface area contributed by atoms with Gasteiger partial charge in [-0.15, -0.1) is 0 Å². The lowest BCUT2D eigenvalue weighted by Gasteiger charge is -2.28. The molecule has 1 unspecified atom stereocenters. The van der Waals surface area contributed by atoms with Crippen LogP contribution in [0.1, 0.15) is 39.0 Å². The van der Waals surface area contributed by atoms with Gasteiger partial charge in [-0.05, 0) is 43.9 Å². The summed E-state index contributed by atoms with van der Waals surface area (Å²) < 4.78 is 0. The number of para-hydroxylation sites is 1. The normalized spacial score (nSPS) is 18.4. The molecule has 2 heteroatoms. The van der Waals surface area contributed by atoms with Crippen molar-refractivity contribution in [2.45, 2.75) is 45.1 Å². The van der Waals surface area contributed by atoms with E-state index in [0.717, 1.165) is 17.3 Å². The zero-order valence-electron chi connectivity index (χ0n) is 11.6. The molecule has 2 nitrogen and oxygen atoms in total. The summed E-state index contributed by atoms with van der Waals surface area (Å²) >= 11 is 0. The summed E-state index contributed by atoms with van der Waals surface area (Å²) in [5, 5.41) is 4.80. The lowest BCUT2D eigenvalue weighted by Crippen LogP contribution is -2.28. The molecular weight excluding hydrogens is 232 g/mol. The van der Waals surface area contributed by atoms with Crippen LogP contribution in [-0.4, -0.2) is 11.0 Å². The quantitative estimate of drug-likeness (QED) is 0.864. The molecule has 1 aromatic carbocycles. The zero-order valence-corrected chi connectivity index (χ0v) is 11.6. The van der Waals surface area contributed by atoms with Crippen LogP contribution >= 0.6 is 0 Å². The summed E-state index contributed by atoms with van der Waals surface area (Å²) in [6, 6.07) is 13.1. The van der Waals surface area contributed by atoms with E-state index in [1.165, 1.54) is 37.5 Å². The highest BCUT2D eigenvalue weighted by Gasteiger charge is 2.20. The van der Waals surface area contributed by atoms with Gasteiger partial charge in [-0.25, -0.2) is 4.98 Å². The second-order valence-electron chi connectivity index (χ2n) is 5.72. The molecule has 3 rings (SSSR count). The van der Waals surface area contributed by atoms with Gasteiger partial charge < -0.3 is 5.32 Å². The van der Waals surface area contributed by atoms with Crippen molar-refractivity contribution >= 4 is 16.7 Å². The third-order valence-corrected chi connectivity index (χ3v) is 4.33. The Kier molecular flexibility index (Phi) is 3.67. The maximum absolute atomic E-state index is 4.70. The van der Waals surface area contributed by atoms with Crippen molar-refractivity contribution in [3.63, 3.8) is 0 Å². The van der Waals surface area contributed by atoms with Gasteiger partial charge in [0.1, 0.15) is 5.82 Å². The Morgan fingerprint density at radius 1 is 1.05 bits per heavy atom. The lowest BCUT2D eigenvalue weighted by atomic mass is 9.84. The molecule has 1 atom stereocenters. The van der Waals surface area contributed by atoms with Crippen LogP contribution in [0.15, 0.2) is 36.4 Å². The predicted molar refractivity (Wildman–Crippen MR) is 81.4 cm³/mol. The Labute approximate surface area is 115 Å². The van der Waals surface area contributed by atoms with Gasteiger partial charge in [0.05, 0.1) is 5.52 Å². The number of hydrogen-bond donors (Lipinski definition) is 1. The number of benzene rings is 1. The van der Waals surface area contributed by atoms with Crippen LogP contribution in [0, 0.1) is 5.92 Å². The Bertz CT molecular complexity index is 544. The minimum absolute atomic E-state index is 0.522. The highest BCUT2D eigenvalue weighted by atomic mass is 15.0. The molecular formula is C17H22N2. The number of aromatic nitrogens is 1. The Balaban J connectivity index is 1.73. The lowest BCUT2D eigenvalue weighted by molar-refractivity contribution is 0.328. The predicted octanol–water partition coefficient (Wildman–Crippen LogP) is 4.62. The van der Waals surface area contributed by atoms with E-state index in [-0.39, 0.29) is 0 Å². The largest absolute Gasteiger partial charge is 0.367 e. The van der Waals surface area contributed by atoms with E-state index in [9.17, 15) is 0 Å². The van der Waals surface area contributed by atoms with Crippen molar-refractivity contribution in [3.8, 4) is 0 Å². The van der Waals surface area contributed by atoms with Crippen molar-refractivity contribution < 1.29 is 0 Å². The van der Waals surface area contributed by atoms with Gasteiger partial charge in [0.2, 0.25) is 0 Å². The fourth-order valence-electron chi connectivity index (χ4n) is 3.13. The average molecular weight is 254 g/mol. The molecule has 0 spiro atoms. The summed E-state index contributed by atoms with van der Waals surface area (Å²) in [7, 11) is 0. The Morgan fingerprint density at radius 2 is 1.84 bits per heavy atom. The van der Waals surface area contributed by atoms with Crippen LogP contribution in [0.4, 0.5) is 5.82 Å². The van der Waals surface area contributed by atoms with Crippen molar-refractivity contribution in [2.24, 2.45) is 5.92 Å². The van der Waals surface area contributed by atoms with Gasteiger partial charge in [0.25, 0.3) is 0 Å². The molecule has 1 fully saturated rings. The van der Waals surface area contributed by atoms with Crippen molar-refractivity contribution in [1.82, 2.24) is 4.98 Å². The van der Waals surface area contributed by atoms with Crippen LogP contribution < -0.4 is 5.32 Å². The van der Waals surface area contributed by atoms with Crippen LogP contribution in [0.5, 0.6) is 0 Å². The molecule has 0 amide bonds. The van der Waals surface area contributed by atoms with Gasteiger partial charge >= 0.3 is 0 Å². The monoisotopic (exact) mass is 254 g/mol. The van der Waals surface area contributed by atoms with E-state index in [1.54, 1.807) is 0 Å². The highest BCUT2D eigenvalue weighted by molar-refractivity contribution is 5.80. The molecule has 100 valence electrons. The van der Waals surface area contributed by atoms with Gasteiger partial charge in [-0.3, -0.25) is 0 Å². The van der Waals surface area contributed by atoms with Gasteiger partial charge in [0.15, 0.2) is 0 Å². The van der Waals surface area contributed by atoms with E-state index in [1.807, 2.05) is 6.07 Å². The van der Waals surface area contributed by atoms with E-state index in [2.05, 4.69) is 42.6 Å². The molecule has 1 aliphatic carbocycles. The first-order chi connectivity index (χ1) is 9.33. The number of hydrogen-bond acceptors (Lipinski definition) is 2. The number of rotatable bonds is 3. The number of anilines is 1. The Morgan fingerprint density at radius 3 is 2.68 bits per heavy atom. The zero-order chi connectivity index (χ0) is 13.1. The van der Waals surface area contributed by atoms with Crippen LogP contribution in [0.25, 0.3) is 10.9 Å². The number of nitrogens with zero attached hydrogens (tertiary/aromatic N) is 1. The first-order valence-corrected chi connectivity index (χ1v) is 7.45. The topological polar surface area (TPSA) is 24.9 Å².